The van der Waals surface area contributed by atoms with E-state index in [0.717, 1.165) is 17.5 Å². The molecule has 2 amide bonds. The molecule has 0 spiro atoms. The van der Waals surface area contributed by atoms with Crippen LogP contribution in [0.2, 0.25) is 0 Å². The molecule has 160 valence electrons. The van der Waals surface area contributed by atoms with Crippen LogP contribution < -0.4 is 10.1 Å². The van der Waals surface area contributed by atoms with Gasteiger partial charge in [-0.15, -0.1) is 0 Å². The molecular formula is C24H26N4O3. The van der Waals surface area contributed by atoms with Gasteiger partial charge >= 0.3 is 0 Å². The highest BCUT2D eigenvalue weighted by atomic mass is 16.5. The van der Waals surface area contributed by atoms with Crippen molar-refractivity contribution in [2.24, 2.45) is 0 Å². The van der Waals surface area contributed by atoms with Crippen LogP contribution in [0.1, 0.15) is 44.1 Å². The minimum atomic E-state index is -0.315. The summed E-state index contributed by atoms with van der Waals surface area (Å²) in [6.07, 6.45) is 0.786. The van der Waals surface area contributed by atoms with Crippen molar-refractivity contribution in [3.63, 3.8) is 0 Å². The van der Waals surface area contributed by atoms with Gasteiger partial charge < -0.3 is 15.0 Å². The summed E-state index contributed by atoms with van der Waals surface area (Å²) >= 11 is 0. The van der Waals surface area contributed by atoms with Gasteiger partial charge in [0.25, 0.3) is 11.8 Å². The Morgan fingerprint density at radius 1 is 1.13 bits per heavy atom. The number of aromatic nitrogens is 2. The molecule has 1 aromatic heterocycles. The first-order valence-electron chi connectivity index (χ1n) is 10.4. The van der Waals surface area contributed by atoms with Gasteiger partial charge in [0.05, 0.1) is 7.11 Å². The number of nitrogens with zero attached hydrogens (tertiary/aromatic N) is 3. The molecule has 1 aliphatic rings. The van der Waals surface area contributed by atoms with Crippen molar-refractivity contribution in [1.82, 2.24) is 20.0 Å². The molecule has 1 N–H and O–H groups in total. The van der Waals surface area contributed by atoms with Crippen molar-refractivity contribution in [3.05, 3.63) is 82.7 Å². The Kier molecular flexibility index (Phi) is 6.02. The number of amides is 2. The fourth-order valence-electron chi connectivity index (χ4n) is 3.84. The molecule has 2 aromatic carbocycles. The number of methoxy groups -OCH3 is 1. The number of rotatable bonds is 6. The molecule has 0 aliphatic carbocycles. The summed E-state index contributed by atoms with van der Waals surface area (Å²) in [7, 11) is 1.60. The van der Waals surface area contributed by atoms with Crippen LogP contribution in [-0.4, -0.2) is 40.1 Å². The highest BCUT2D eigenvalue weighted by Crippen LogP contribution is 2.19. The van der Waals surface area contributed by atoms with Gasteiger partial charge in [-0.2, -0.15) is 5.10 Å². The molecule has 0 saturated carbocycles. The lowest BCUT2D eigenvalue weighted by Crippen LogP contribution is -2.30. The largest absolute Gasteiger partial charge is 0.496 e. The van der Waals surface area contributed by atoms with Gasteiger partial charge in [0.15, 0.2) is 5.69 Å². The van der Waals surface area contributed by atoms with Gasteiger partial charge in [-0.05, 0) is 25.0 Å². The Morgan fingerprint density at radius 3 is 2.77 bits per heavy atom. The van der Waals surface area contributed by atoms with Gasteiger partial charge in [-0.3, -0.25) is 14.3 Å². The molecule has 0 fully saturated rings. The maximum atomic E-state index is 13.1. The predicted molar refractivity (Wildman–Crippen MR) is 117 cm³/mol. The minimum Gasteiger partial charge on any atom is -0.496 e. The Morgan fingerprint density at radius 2 is 1.97 bits per heavy atom. The van der Waals surface area contributed by atoms with Crippen LogP contribution in [0.5, 0.6) is 5.75 Å². The van der Waals surface area contributed by atoms with Crippen LogP contribution >= 0.6 is 0 Å². The summed E-state index contributed by atoms with van der Waals surface area (Å²) < 4.78 is 6.97. The van der Waals surface area contributed by atoms with Gasteiger partial charge in [-0.25, -0.2) is 0 Å². The lowest BCUT2D eigenvalue weighted by Gasteiger charge is -2.20. The molecule has 7 nitrogen and oxygen atoms in total. The minimum absolute atomic E-state index is 0.102. The van der Waals surface area contributed by atoms with Crippen LogP contribution in [0.3, 0.4) is 0 Å². The second-order valence-electron chi connectivity index (χ2n) is 7.70. The number of fused-ring (bicyclic) bond motifs is 1. The number of hydrogen-bond donors (Lipinski definition) is 1. The van der Waals surface area contributed by atoms with Crippen molar-refractivity contribution >= 4 is 11.8 Å². The lowest BCUT2D eigenvalue weighted by atomic mass is 10.1. The van der Waals surface area contributed by atoms with E-state index in [1.54, 1.807) is 17.9 Å². The Balaban J connectivity index is 1.47. The fraction of sp³-hybridized carbons (Fsp3) is 0.292. The van der Waals surface area contributed by atoms with Gasteiger partial charge in [-0.1, -0.05) is 48.0 Å². The standard InChI is InChI=1S/C24H26N4O3/c1-17-7-5-8-18(13-17)16-27-11-6-12-28-21(24(27)30)14-20(26-28)23(29)25-15-19-9-3-4-10-22(19)31-2/h3-5,7-10,13-14H,6,11-12,15-16H2,1-2H3,(H,25,29). The summed E-state index contributed by atoms with van der Waals surface area (Å²) in [5, 5.41) is 7.26. The van der Waals surface area contributed by atoms with E-state index in [0.29, 0.717) is 37.6 Å². The monoisotopic (exact) mass is 418 g/mol. The van der Waals surface area contributed by atoms with Crippen LogP contribution in [-0.2, 0) is 19.6 Å². The summed E-state index contributed by atoms with van der Waals surface area (Å²) in [4.78, 5) is 27.7. The quantitative estimate of drug-likeness (QED) is 0.667. The first-order chi connectivity index (χ1) is 15.0. The number of carbonyl (C=O) groups is 2. The number of ether oxygens (including phenoxy) is 1. The topological polar surface area (TPSA) is 76.5 Å². The van der Waals surface area contributed by atoms with E-state index in [1.807, 2.05) is 54.3 Å². The van der Waals surface area contributed by atoms with E-state index in [2.05, 4.69) is 16.5 Å². The van der Waals surface area contributed by atoms with E-state index >= 15 is 0 Å². The summed E-state index contributed by atoms with van der Waals surface area (Å²) in [6.45, 7) is 4.16. The van der Waals surface area contributed by atoms with Crippen molar-refractivity contribution in [2.45, 2.75) is 33.0 Å². The van der Waals surface area contributed by atoms with E-state index in [9.17, 15) is 9.59 Å². The second-order valence-corrected chi connectivity index (χ2v) is 7.70. The average molecular weight is 418 g/mol. The van der Waals surface area contributed by atoms with Gasteiger partial charge in [0.2, 0.25) is 0 Å². The highest BCUT2D eigenvalue weighted by molar-refractivity contribution is 5.98. The molecule has 0 atom stereocenters. The van der Waals surface area contributed by atoms with Crippen LogP contribution in [0.4, 0.5) is 0 Å². The molecule has 0 unspecified atom stereocenters. The fourth-order valence-corrected chi connectivity index (χ4v) is 3.84. The number of carbonyl (C=O) groups excluding carboxylic acids is 2. The molecule has 0 saturated heterocycles. The molecule has 1 aliphatic heterocycles. The van der Waals surface area contributed by atoms with Crippen molar-refractivity contribution < 1.29 is 14.3 Å². The molecule has 31 heavy (non-hydrogen) atoms. The number of benzene rings is 2. The Labute approximate surface area is 181 Å². The molecule has 7 heteroatoms. The third-order valence-corrected chi connectivity index (χ3v) is 5.40. The number of nitrogens with one attached hydrogen (secondary N) is 1. The zero-order chi connectivity index (χ0) is 21.8. The zero-order valence-corrected chi connectivity index (χ0v) is 17.8. The third-order valence-electron chi connectivity index (χ3n) is 5.40. The Bertz CT molecular complexity index is 1110. The average Bonchev–Trinajstić information content (AvgIpc) is 3.15. The Hall–Kier alpha value is -3.61. The van der Waals surface area contributed by atoms with E-state index in [-0.39, 0.29) is 17.5 Å². The highest BCUT2D eigenvalue weighted by Gasteiger charge is 2.26. The molecule has 0 radical (unpaired) electrons. The molecule has 4 rings (SSSR count). The molecule has 3 aromatic rings. The van der Waals surface area contributed by atoms with Crippen molar-refractivity contribution in [3.8, 4) is 5.75 Å². The maximum absolute atomic E-state index is 13.1. The van der Waals surface area contributed by atoms with Crippen LogP contribution in [0.25, 0.3) is 0 Å². The van der Waals surface area contributed by atoms with E-state index < -0.39 is 0 Å². The number of hydrogen-bond acceptors (Lipinski definition) is 4. The number of aryl methyl sites for hydroxylation is 2. The summed E-state index contributed by atoms with van der Waals surface area (Å²) in [6, 6.07) is 17.3. The van der Waals surface area contributed by atoms with E-state index in [4.69, 9.17) is 4.74 Å². The smallest absolute Gasteiger partial charge is 0.272 e. The lowest BCUT2D eigenvalue weighted by molar-refractivity contribution is 0.0745. The van der Waals surface area contributed by atoms with Gasteiger partial charge in [0, 0.05) is 37.8 Å². The van der Waals surface area contributed by atoms with Crippen LogP contribution in [0, 0.1) is 6.92 Å². The summed E-state index contributed by atoms with van der Waals surface area (Å²) in [5.74, 6) is 0.296. The molecule has 0 bridgehead atoms. The summed E-state index contributed by atoms with van der Waals surface area (Å²) in [5.41, 5.74) is 3.83. The number of para-hydroxylation sites is 1. The SMILES string of the molecule is COc1ccccc1CNC(=O)c1cc2n(n1)CCCN(Cc1cccc(C)c1)C2=O. The van der Waals surface area contributed by atoms with Crippen molar-refractivity contribution in [1.29, 1.82) is 0 Å². The first kappa shape index (κ1) is 20.7. The molecule has 2 heterocycles. The maximum Gasteiger partial charge on any atom is 0.272 e. The second kappa shape index (κ2) is 9.04. The van der Waals surface area contributed by atoms with E-state index in [1.165, 1.54) is 5.56 Å². The molecular weight excluding hydrogens is 392 g/mol. The first-order valence-corrected chi connectivity index (χ1v) is 10.4. The predicted octanol–water partition coefficient (Wildman–Crippen LogP) is 3.18. The normalized spacial score (nSPS) is 13.5. The third kappa shape index (κ3) is 4.60. The van der Waals surface area contributed by atoms with Crippen molar-refractivity contribution in [2.75, 3.05) is 13.7 Å². The van der Waals surface area contributed by atoms with Crippen LogP contribution in [0.15, 0.2) is 54.6 Å². The van der Waals surface area contributed by atoms with Gasteiger partial charge in [0.1, 0.15) is 11.4 Å². The zero-order valence-electron chi connectivity index (χ0n) is 17.8.